The maximum Gasteiger partial charge on any atom is 0.410 e. The van der Waals surface area contributed by atoms with Gasteiger partial charge in [-0.25, -0.2) is 9.78 Å². The molecule has 0 aliphatic rings. The van der Waals surface area contributed by atoms with Gasteiger partial charge in [0, 0.05) is 24.8 Å². The smallest absolute Gasteiger partial charge is 0.410 e. The topological polar surface area (TPSA) is 145 Å². The van der Waals surface area contributed by atoms with Gasteiger partial charge in [0.2, 0.25) is 11.8 Å². The number of methoxy groups -OCH3 is 2. The van der Waals surface area contributed by atoms with E-state index in [-0.39, 0.29) is 24.9 Å². The molecule has 1 heterocycles. The fraction of sp³-hybridized carbons (Fsp3) is 0.533. The summed E-state index contributed by atoms with van der Waals surface area (Å²) in [6, 6.07) is 7.34. The third-order valence-corrected chi connectivity index (χ3v) is 6.40. The molecule has 41 heavy (non-hydrogen) atoms. The number of pyridine rings is 1. The highest BCUT2D eigenvalue weighted by molar-refractivity contribution is 5.90. The molecule has 226 valence electrons. The monoisotopic (exact) mass is 571 g/mol. The molecule has 0 aliphatic heterocycles. The molecular formula is C30H45N5O6. The maximum atomic E-state index is 13.2. The van der Waals surface area contributed by atoms with Crippen molar-refractivity contribution in [2.45, 2.75) is 79.1 Å². The number of amides is 3. The van der Waals surface area contributed by atoms with Crippen LogP contribution in [-0.2, 0) is 27.3 Å². The standard InChI is InChI=1S/C30H45N5O6/c1-18(12-22-13-24(39-8)15-25(14-22)40-9)17-35(29(38)41-30(5,6)7)21(4)28(37)34-20(3)27(36)32-16-23-10-11-26(31)33-19(23)2/h10-11,13-15,18,20-21H,12,16-17H2,1-9H3,(H2,31,33)(H,32,36)(H,34,37)/t18-,20+,21-/m1/s1. The summed E-state index contributed by atoms with van der Waals surface area (Å²) in [5.74, 6) is 0.841. The third-order valence-electron chi connectivity index (χ3n) is 6.40. The average Bonchev–Trinajstić information content (AvgIpc) is 2.89. The van der Waals surface area contributed by atoms with Gasteiger partial charge >= 0.3 is 6.09 Å². The molecule has 2 rings (SSSR count). The lowest BCUT2D eigenvalue weighted by atomic mass is 9.99. The number of benzene rings is 1. The number of nitrogens with zero attached hydrogens (tertiary/aromatic N) is 2. The predicted molar refractivity (Wildman–Crippen MR) is 158 cm³/mol. The number of hydrogen-bond donors (Lipinski definition) is 3. The largest absolute Gasteiger partial charge is 0.497 e. The highest BCUT2D eigenvalue weighted by Crippen LogP contribution is 2.25. The SMILES string of the molecule is COc1cc(C[C@@H](C)CN(C(=O)OC(C)(C)C)[C@H](C)C(=O)N[C@@H](C)C(=O)NCc2ccc(N)nc2C)cc(OC)c1. The fourth-order valence-corrected chi connectivity index (χ4v) is 4.17. The minimum atomic E-state index is -0.897. The zero-order valence-corrected chi connectivity index (χ0v) is 25.7. The molecule has 0 saturated heterocycles. The van der Waals surface area contributed by atoms with Crippen molar-refractivity contribution in [3.63, 3.8) is 0 Å². The number of rotatable bonds is 12. The Balaban J connectivity index is 2.11. The Labute approximate surface area is 243 Å². The Kier molecular flexibility index (Phi) is 11.8. The van der Waals surface area contributed by atoms with Gasteiger partial charge in [0.15, 0.2) is 0 Å². The zero-order chi connectivity index (χ0) is 30.9. The second kappa shape index (κ2) is 14.6. The van der Waals surface area contributed by atoms with E-state index in [1.54, 1.807) is 67.0 Å². The van der Waals surface area contributed by atoms with Crippen LogP contribution in [0.5, 0.6) is 11.5 Å². The van der Waals surface area contributed by atoms with Crippen molar-refractivity contribution in [2.75, 3.05) is 26.5 Å². The van der Waals surface area contributed by atoms with Crippen LogP contribution < -0.4 is 25.8 Å². The molecule has 4 N–H and O–H groups in total. The highest BCUT2D eigenvalue weighted by Gasteiger charge is 2.32. The number of aromatic nitrogens is 1. The quantitative estimate of drug-likeness (QED) is 0.350. The number of nitrogen functional groups attached to an aromatic ring is 1. The summed E-state index contributed by atoms with van der Waals surface area (Å²) in [7, 11) is 3.17. The van der Waals surface area contributed by atoms with Crippen LogP contribution in [0.1, 0.15) is 58.4 Å². The van der Waals surface area contributed by atoms with Gasteiger partial charge in [-0.15, -0.1) is 0 Å². The Morgan fingerprint density at radius 3 is 2.15 bits per heavy atom. The first kappa shape index (κ1) is 33.2. The molecule has 1 aromatic carbocycles. The van der Waals surface area contributed by atoms with Crippen LogP contribution in [0.3, 0.4) is 0 Å². The first-order chi connectivity index (χ1) is 19.1. The number of anilines is 1. The minimum absolute atomic E-state index is 0.0490. The van der Waals surface area contributed by atoms with Crippen LogP contribution in [0.15, 0.2) is 30.3 Å². The van der Waals surface area contributed by atoms with E-state index < -0.39 is 29.7 Å². The Hall–Kier alpha value is -4.02. The first-order valence-electron chi connectivity index (χ1n) is 13.6. The van der Waals surface area contributed by atoms with E-state index >= 15 is 0 Å². The molecule has 0 aliphatic carbocycles. The van der Waals surface area contributed by atoms with Crippen molar-refractivity contribution in [1.82, 2.24) is 20.5 Å². The summed E-state index contributed by atoms with van der Waals surface area (Å²) in [6.45, 7) is 12.8. The molecule has 3 amide bonds. The number of aryl methyl sites for hydroxylation is 1. The van der Waals surface area contributed by atoms with Crippen LogP contribution in [0, 0.1) is 12.8 Å². The number of carbonyl (C=O) groups is 3. The van der Waals surface area contributed by atoms with E-state index in [9.17, 15) is 14.4 Å². The normalized spacial score (nSPS) is 13.4. The molecule has 11 nitrogen and oxygen atoms in total. The highest BCUT2D eigenvalue weighted by atomic mass is 16.6. The van der Waals surface area contributed by atoms with Crippen LogP contribution in [0.25, 0.3) is 0 Å². The van der Waals surface area contributed by atoms with Gasteiger partial charge < -0.3 is 30.6 Å². The summed E-state index contributed by atoms with van der Waals surface area (Å²) in [4.78, 5) is 44.8. The molecule has 0 radical (unpaired) electrons. The zero-order valence-electron chi connectivity index (χ0n) is 25.7. The van der Waals surface area contributed by atoms with Gasteiger partial charge in [0.05, 0.1) is 14.2 Å². The molecule has 1 aromatic heterocycles. The van der Waals surface area contributed by atoms with Crippen molar-refractivity contribution in [1.29, 1.82) is 0 Å². The van der Waals surface area contributed by atoms with Crippen molar-refractivity contribution >= 4 is 23.7 Å². The van der Waals surface area contributed by atoms with Crippen molar-refractivity contribution in [3.05, 3.63) is 47.2 Å². The Morgan fingerprint density at radius 1 is 1.00 bits per heavy atom. The second-order valence-corrected chi connectivity index (χ2v) is 11.3. The predicted octanol–water partition coefficient (Wildman–Crippen LogP) is 3.61. The lowest BCUT2D eigenvalue weighted by Gasteiger charge is -2.33. The lowest BCUT2D eigenvalue weighted by Crippen LogP contribution is -2.54. The maximum absolute atomic E-state index is 13.2. The van der Waals surface area contributed by atoms with Gasteiger partial charge in [0.1, 0.15) is 35.0 Å². The van der Waals surface area contributed by atoms with Crippen LogP contribution in [-0.4, -0.2) is 66.2 Å². The number of ether oxygens (including phenoxy) is 3. The Bertz CT molecular complexity index is 1190. The summed E-state index contributed by atoms with van der Waals surface area (Å²) < 4.78 is 16.4. The van der Waals surface area contributed by atoms with E-state index in [1.165, 1.54) is 4.90 Å². The number of hydrogen-bond acceptors (Lipinski definition) is 8. The molecular weight excluding hydrogens is 526 g/mol. The van der Waals surface area contributed by atoms with Crippen molar-refractivity contribution < 1.29 is 28.6 Å². The van der Waals surface area contributed by atoms with Gasteiger partial charge in [0.25, 0.3) is 0 Å². The number of nitrogens with two attached hydrogens (primary N) is 1. The number of nitrogens with one attached hydrogen (secondary N) is 2. The molecule has 11 heteroatoms. The molecule has 0 unspecified atom stereocenters. The average molecular weight is 572 g/mol. The van der Waals surface area contributed by atoms with E-state index in [1.807, 2.05) is 26.0 Å². The second-order valence-electron chi connectivity index (χ2n) is 11.3. The molecule has 0 fully saturated rings. The van der Waals surface area contributed by atoms with Crippen molar-refractivity contribution in [3.8, 4) is 11.5 Å². The summed E-state index contributed by atoms with van der Waals surface area (Å²) >= 11 is 0. The first-order valence-corrected chi connectivity index (χ1v) is 13.6. The summed E-state index contributed by atoms with van der Waals surface area (Å²) in [6.07, 6.45) is -0.0157. The van der Waals surface area contributed by atoms with E-state index in [2.05, 4.69) is 15.6 Å². The van der Waals surface area contributed by atoms with E-state index in [0.717, 1.165) is 11.1 Å². The lowest BCUT2D eigenvalue weighted by molar-refractivity contribution is -0.131. The molecule has 2 aromatic rings. The molecule has 0 saturated carbocycles. The van der Waals surface area contributed by atoms with Gasteiger partial charge in [-0.3, -0.25) is 14.5 Å². The van der Waals surface area contributed by atoms with Crippen LogP contribution in [0.2, 0.25) is 0 Å². The fourth-order valence-electron chi connectivity index (χ4n) is 4.17. The van der Waals surface area contributed by atoms with Crippen LogP contribution >= 0.6 is 0 Å². The van der Waals surface area contributed by atoms with Crippen LogP contribution in [0.4, 0.5) is 10.6 Å². The van der Waals surface area contributed by atoms with E-state index in [0.29, 0.717) is 29.4 Å². The van der Waals surface area contributed by atoms with E-state index in [4.69, 9.17) is 19.9 Å². The molecule has 0 spiro atoms. The van der Waals surface area contributed by atoms with Gasteiger partial charge in [-0.1, -0.05) is 13.0 Å². The third kappa shape index (κ3) is 10.5. The molecule has 3 atom stereocenters. The Morgan fingerprint density at radius 2 is 1.61 bits per heavy atom. The van der Waals surface area contributed by atoms with Gasteiger partial charge in [-0.2, -0.15) is 0 Å². The molecule has 0 bridgehead atoms. The summed E-state index contributed by atoms with van der Waals surface area (Å²) in [5, 5.41) is 5.53. The van der Waals surface area contributed by atoms with Crippen molar-refractivity contribution in [2.24, 2.45) is 5.92 Å². The summed E-state index contributed by atoms with van der Waals surface area (Å²) in [5.41, 5.74) is 7.44. The van der Waals surface area contributed by atoms with Gasteiger partial charge in [-0.05, 0) is 83.2 Å². The minimum Gasteiger partial charge on any atom is -0.497 e. The number of carbonyl (C=O) groups excluding carboxylic acids is 3.